The lowest BCUT2D eigenvalue weighted by Gasteiger charge is -2.09. The minimum atomic E-state index is 0.271. The van der Waals surface area contributed by atoms with Crippen molar-refractivity contribution in [3.8, 4) is 5.88 Å². The van der Waals surface area contributed by atoms with Crippen LogP contribution in [0.5, 0.6) is 5.88 Å². The molecule has 1 fully saturated rings. The van der Waals surface area contributed by atoms with Crippen molar-refractivity contribution in [1.82, 2.24) is 14.6 Å². The van der Waals surface area contributed by atoms with Crippen molar-refractivity contribution >= 4 is 5.65 Å². The van der Waals surface area contributed by atoms with E-state index in [-0.39, 0.29) is 6.10 Å². The molecule has 1 saturated heterocycles. The molecule has 2 aromatic rings. The van der Waals surface area contributed by atoms with Gasteiger partial charge in [0.1, 0.15) is 5.82 Å². The Hall–Kier alpha value is -1.62. The van der Waals surface area contributed by atoms with E-state index >= 15 is 0 Å². The Morgan fingerprint density at radius 3 is 3.18 bits per heavy atom. The van der Waals surface area contributed by atoms with Crippen LogP contribution >= 0.6 is 0 Å². The van der Waals surface area contributed by atoms with E-state index in [1.807, 2.05) is 22.6 Å². The highest BCUT2D eigenvalue weighted by atomic mass is 16.5. The molecule has 0 amide bonds. The largest absolute Gasteiger partial charge is 0.482 e. The Balaban J connectivity index is 1.98. The van der Waals surface area contributed by atoms with Crippen molar-refractivity contribution < 1.29 is 9.47 Å². The molecule has 5 nitrogen and oxygen atoms in total. The Morgan fingerprint density at radius 2 is 2.41 bits per heavy atom. The molecule has 5 heteroatoms. The van der Waals surface area contributed by atoms with Gasteiger partial charge >= 0.3 is 0 Å². The van der Waals surface area contributed by atoms with Crippen molar-refractivity contribution in [2.45, 2.75) is 25.4 Å². The lowest BCUT2D eigenvalue weighted by Crippen LogP contribution is -2.12. The van der Waals surface area contributed by atoms with Crippen LogP contribution in [-0.4, -0.2) is 34.4 Å². The molecular formula is C12H15N3O2. The maximum atomic E-state index is 5.63. The molecule has 90 valence electrons. The third-order valence-electron chi connectivity index (χ3n) is 3.10. The number of methoxy groups -OCH3 is 1. The van der Waals surface area contributed by atoms with Crippen LogP contribution in [0.1, 0.15) is 18.7 Å². The SMILES string of the molecule is COc1cccc2nnc(CC3CCCO3)n12. The topological polar surface area (TPSA) is 48.7 Å². The Labute approximate surface area is 99.4 Å². The predicted molar refractivity (Wildman–Crippen MR) is 62.2 cm³/mol. The van der Waals surface area contributed by atoms with Crippen LogP contribution < -0.4 is 4.74 Å². The lowest BCUT2D eigenvalue weighted by molar-refractivity contribution is 0.109. The molecule has 2 aromatic heterocycles. The first-order valence-corrected chi connectivity index (χ1v) is 5.87. The number of aromatic nitrogens is 3. The molecule has 0 radical (unpaired) electrons. The van der Waals surface area contributed by atoms with Gasteiger partial charge < -0.3 is 9.47 Å². The van der Waals surface area contributed by atoms with Gasteiger partial charge in [-0.15, -0.1) is 10.2 Å². The number of nitrogens with zero attached hydrogens (tertiary/aromatic N) is 3. The van der Waals surface area contributed by atoms with Gasteiger partial charge in [-0.1, -0.05) is 6.07 Å². The molecule has 0 spiro atoms. The van der Waals surface area contributed by atoms with Gasteiger partial charge in [-0.05, 0) is 25.0 Å². The molecule has 0 aliphatic carbocycles. The van der Waals surface area contributed by atoms with Crippen LogP contribution in [0.15, 0.2) is 18.2 Å². The first-order chi connectivity index (χ1) is 8.38. The van der Waals surface area contributed by atoms with Crippen molar-refractivity contribution in [2.24, 2.45) is 0 Å². The monoisotopic (exact) mass is 233 g/mol. The summed E-state index contributed by atoms with van der Waals surface area (Å²) in [5.74, 6) is 1.67. The molecule has 3 heterocycles. The average molecular weight is 233 g/mol. The maximum absolute atomic E-state index is 5.63. The molecule has 1 aliphatic rings. The highest BCUT2D eigenvalue weighted by Crippen LogP contribution is 2.20. The van der Waals surface area contributed by atoms with Crippen molar-refractivity contribution in [2.75, 3.05) is 13.7 Å². The minimum absolute atomic E-state index is 0.271. The van der Waals surface area contributed by atoms with Crippen molar-refractivity contribution in [1.29, 1.82) is 0 Å². The fourth-order valence-corrected chi connectivity index (χ4v) is 2.27. The number of hydrogen-bond acceptors (Lipinski definition) is 4. The lowest BCUT2D eigenvalue weighted by atomic mass is 10.2. The first-order valence-electron chi connectivity index (χ1n) is 5.87. The van der Waals surface area contributed by atoms with Gasteiger partial charge in [0.15, 0.2) is 5.65 Å². The van der Waals surface area contributed by atoms with Crippen LogP contribution in [0.2, 0.25) is 0 Å². The summed E-state index contributed by atoms with van der Waals surface area (Å²) in [7, 11) is 1.66. The van der Waals surface area contributed by atoms with Crippen LogP contribution in [0.3, 0.4) is 0 Å². The van der Waals surface area contributed by atoms with Gasteiger partial charge in [-0.2, -0.15) is 0 Å². The smallest absolute Gasteiger partial charge is 0.200 e. The van der Waals surface area contributed by atoms with E-state index in [9.17, 15) is 0 Å². The number of hydrogen-bond donors (Lipinski definition) is 0. The summed E-state index contributed by atoms with van der Waals surface area (Å²) in [6, 6.07) is 5.75. The zero-order chi connectivity index (χ0) is 11.7. The second kappa shape index (κ2) is 4.33. The molecular weight excluding hydrogens is 218 g/mol. The van der Waals surface area contributed by atoms with Gasteiger partial charge in [0, 0.05) is 13.0 Å². The standard InChI is InChI=1S/C12H15N3O2/c1-16-12-6-2-5-10-13-14-11(15(10)12)8-9-4-3-7-17-9/h2,5-6,9H,3-4,7-8H2,1H3. The van der Waals surface area contributed by atoms with Gasteiger partial charge in [0.05, 0.1) is 13.2 Å². The number of fused-ring (bicyclic) bond motifs is 1. The van der Waals surface area contributed by atoms with E-state index in [4.69, 9.17) is 9.47 Å². The van der Waals surface area contributed by atoms with Crippen molar-refractivity contribution in [3.63, 3.8) is 0 Å². The third kappa shape index (κ3) is 1.86. The summed E-state index contributed by atoms with van der Waals surface area (Å²) in [4.78, 5) is 0. The molecule has 0 N–H and O–H groups in total. The summed E-state index contributed by atoms with van der Waals surface area (Å²) in [5, 5.41) is 8.37. The van der Waals surface area contributed by atoms with Gasteiger partial charge in [0.25, 0.3) is 0 Å². The summed E-state index contributed by atoms with van der Waals surface area (Å²) >= 11 is 0. The van der Waals surface area contributed by atoms with Crippen LogP contribution in [-0.2, 0) is 11.2 Å². The van der Waals surface area contributed by atoms with Crippen molar-refractivity contribution in [3.05, 3.63) is 24.0 Å². The summed E-state index contributed by atoms with van der Waals surface area (Å²) < 4.78 is 12.9. The Kier molecular flexibility index (Phi) is 2.68. The molecule has 17 heavy (non-hydrogen) atoms. The van der Waals surface area contributed by atoms with E-state index < -0.39 is 0 Å². The normalized spacial score (nSPS) is 19.9. The Bertz CT molecular complexity index is 517. The molecule has 1 unspecified atom stereocenters. The van der Waals surface area contributed by atoms with E-state index in [0.29, 0.717) is 0 Å². The second-order valence-electron chi connectivity index (χ2n) is 4.22. The predicted octanol–water partition coefficient (Wildman–Crippen LogP) is 1.46. The number of pyridine rings is 1. The molecule has 0 aromatic carbocycles. The first kappa shape index (κ1) is 10.5. The molecule has 1 aliphatic heterocycles. The fraction of sp³-hybridized carbons (Fsp3) is 0.500. The second-order valence-corrected chi connectivity index (χ2v) is 4.22. The zero-order valence-electron chi connectivity index (χ0n) is 9.80. The van der Waals surface area contributed by atoms with E-state index in [2.05, 4.69) is 10.2 Å². The van der Waals surface area contributed by atoms with E-state index in [1.165, 1.54) is 0 Å². The fourth-order valence-electron chi connectivity index (χ4n) is 2.27. The summed E-state index contributed by atoms with van der Waals surface area (Å²) in [5.41, 5.74) is 0.817. The van der Waals surface area contributed by atoms with Crippen LogP contribution in [0.4, 0.5) is 0 Å². The molecule has 0 saturated carbocycles. The molecule has 0 bridgehead atoms. The van der Waals surface area contributed by atoms with Gasteiger partial charge in [-0.25, -0.2) is 4.40 Å². The Morgan fingerprint density at radius 1 is 1.47 bits per heavy atom. The van der Waals surface area contributed by atoms with Crippen LogP contribution in [0, 0.1) is 0 Å². The zero-order valence-corrected chi connectivity index (χ0v) is 9.80. The highest BCUT2D eigenvalue weighted by molar-refractivity contribution is 5.42. The third-order valence-corrected chi connectivity index (χ3v) is 3.10. The van der Waals surface area contributed by atoms with Crippen LogP contribution in [0.25, 0.3) is 5.65 Å². The van der Waals surface area contributed by atoms with E-state index in [1.54, 1.807) is 7.11 Å². The van der Waals surface area contributed by atoms with Gasteiger partial charge in [0.2, 0.25) is 5.88 Å². The highest BCUT2D eigenvalue weighted by Gasteiger charge is 2.19. The number of rotatable bonds is 3. The molecule has 1 atom stereocenters. The summed E-state index contributed by atoms with van der Waals surface area (Å²) in [6.07, 6.45) is 3.30. The van der Waals surface area contributed by atoms with Gasteiger partial charge in [-0.3, -0.25) is 0 Å². The number of ether oxygens (including phenoxy) is 2. The minimum Gasteiger partial charge on any atom is -0.482 e. The molecule has 3 rings (SSSR count). The average Bonchev–Trinajstić information content (AvgIpc) is 2.99. The quantitative estimate of drug-likeness (QED) is 0.805. The van der Waals surface area contributed by atoms with E-state index in [0.717, 1.165) is 43.2 Å². The summed E-state index contributed by atoms with van der Waals surface area (Å²) in [6.45, 7) is 0.860. The maximum Gasteiger partial charge on any atom is 0.200 e.